The third-order valence-electron chi connectivity index (χ3n) is 5.95. The molecule has 2 N–H and O–H groups in total. The molecule has 0 bridgehead atoms. The van der Waals surface area contributed by atoms with Crippen LogP contribution in [0.15, 0.2) is 24.7 Å². The second-order valence-electron chi connectivity index (χ2n) is 8.22. The number of anilines is 1. The zero-order valence-electron chi connectivity index (χ0n) is 17.3. The molecule has 0 aliphatic carbocycles. The summed E-state index contributed by atoms with van der Waals surface area (Å²) in [6.45, 7) is 2.49. The zero-order chi connectivity index (χ0) is 21.6. The van der Waals surface area contributed by atoms with Crippen molar-refractivity contribution in [3.63, 3.8) is 0 Å². The van der Waals surface area contributed by atoms with Crippen LogP contribution in [-0.2, 0) is 16.0 Å². The van der Waals surface area contributed by atoms with Gasteiger partial charge in [0.05, 0.1) is 23.1 Å². The highest BCUT2D eigenvalue weighted by Crippen LogP contribution is 2.28. The van der Waals surface area contributed by atoms with Crippen molar-refractivity contribution in [3.8, 4) is 11.3 Å². The van der Waals surface area contributed by atoms with E-state index in [9.17, 15) is 9.18 Å². The summed E-state index contributed by atoms with van der Waals surface area (Å²) in [6.07, 6.45) is 7.68. The molecular formula is C22H27ClFN5O2. The number of aromatic nitrogens is 3. The highest BCUT2D eigenvalue weighted by molar-refractivity contribution is 6.33. The molecule has 0 aromatic carbocycles. The topological polar surface area (TPSA) is 89.0 Å². The first-order valence-electron chi connectivity index (χ1n) is 10.7. The maximum Gasteiger partial charge on any atom is 0.145 e. The second kappa shape index (κ2) is 10.4. The summed E-state index contributed by atoms with van der Waals surface area (Å²) in [5.74, 6) is 1.12. The molecular weight excluding hydrogens is 421 g/mol. The number of hydrogen-bond donors (Lipinski definition) is 2. The van der Waals surface area contributed by atoms with Crippen LogP contribution in [0.4, 0.5) is 10.2 Å². The van der Waals surface area contributed by atoms with Gasteiger partial charge in [-0.2, -0.15) is 0 Å². The molecule has 2 atom stereocenters. The number of carbonyl (C=O) groups is 1. The van der Waals surface area contributed by atoms with Gasteiger partial charge in [-0.25, -0.2) is 9.37 Å². The van der Waals surface area contributed by atoms with Gasteiger partial charge in [0.15, 0.2) is 0 Å². The number of nitrogens with zero attached hydrogens (tertiary/aromatic N) is 3. The molecule has 166 valence electrons. The zero-order valence-corrected chi connectivity index (χ0v) is 18.1. The second-order valence-corrected chi connectivity index (χ2v) is 8.62. The Labute approximate surface area is 186 Å². The molecule has 2 aliphatic rings. The summed E-state index contributed by atoms with van der Waals surface area (Å²) < 4.78 is 18.2. The molecule has 0 radical (unpaired) electrons. The normalized spacial score (nSPS) is 21.9. The van der Waals surface area contributed by atoms with Crippen LogP contribution in [-0.4, -0.2) is 59.8 Å². The number of Topliss-reactive ketones (excluding diaryl/α,β-unsaturated/α-hetero) is 1. The first kappa shape index (κ1) is 22.0. The third kappa shape index (κ3) is 5.75. The Morgan fingerprint density at radius 3 is 2.90 bits per heavy atom. The quantitative estimate of drug-likeness (QED) is 0.642. The van der Waals surface area contributed by atoms with E-state index in [0.29, 0.717) is 46.7 Å². The Morgan fingerprint density at radius 1 is 1.29 bits per heavy atom. The smallest absolute Gasteiger partial charge is 0.145 e. The summed E-state index contributed by atoms with van der Waals surface area (Å²) in [5.41, 5.74) is 1.93. The summed E-state index contributed by atoms with van der Waals surface area (Å²) in [4.78, 5) is 25.9. The number of pyridine rings is 1. The fraction of sp³-hybridized carbons (Fsp3) is 0.545. The molecule has 2 aliphatic heterocycles. The SMILES string of the molecule is O=C(Cc1cc(-c2cncc(NCC3CCOCC3)n2)c(Cl)cn1)[C@@H]1CN[C@H](CF)C1. The van der Waals surface area contributed by atoms with Gasteiger partial charge in [0.2, 0.25) is 0 Å². The highest BCUT2D eigenvalue weighted by atomic mass is 35.5. The van der Waals surface area contributed by atoms with Gasteiger partial charge < -0.3 is 15.4 Å². The predicted octanol–water partition coefficient (Wildman–Crippen LogP) is 3.09. The number of halogens is 2. The molecule has 2 aromatic rings. The Balaban J connectivity index is 1.43. The van der Waals surface area contributed by atoms with E-state index in [1.807, 2.05) is 0 Å². The summed E-state index contributed by atoms with van der Waals surface area (Å²) in [7, 11) is 0. The van der Waals surface area contributed by atoms with E-state index in [1.165, 1.54) is 0 Å². The molecule has 0 amide bonds. The van der Waals surface area contributed by atoms with Crippen LogP contribution in [0.3, 0.4) is 0 Å². The summed E-state index contributed by atoms with van der Waals surface area (Å²) in [5, 5.41) is 6.85. The first-order chi connectivity index (χ1) is 15.1. The van der Waals surface area contributed by atoms with Crippen LogP contribution in [0.5, 0.6) is 0 Å². The molecule has 9 heteroatoms. The molecule has 31 heavy (non-hydrogen) atoms. The van der Waals surface area contributed by atoms with Gasteiger partial charge in [0.1, 0.15) is 18.3 Å². The Bertz CT molecular complexity index is 909. The Morgan fingerprint density at radius 2 is 2.13 bits per heavy atom. The van der Waals surface area contributed by atoms with E-state index in [1.54, 1.807) is 24.7 Å². The average Bonchev–Trinajstić information content (AvgIpc) is 3.29. The maximum absolute atomic E-state index is 12.8. The summed E-state index contributed by atoms with van der Waals surface area (Å²) in [6, 6.07) is 1.57. The molecule has 4 rings (SSSR count). The molecule has 0 saturated carbocycles. The lowest BCUT2D eigenvalue weighted by Crippen LogP contribution is -2.23. The van der Waals surface area contributed by atoms with Crippen molar-refractivity contribution in [1.82, 2.24) is 20.3 Å². The Hall–Kier alpha value is -2.16. The number of rotatable bonds is 8. The minimum atomic E-state index is -0.454. The largest absolute Gasteiger partial charge is 0.381 e. The van der Waals surface area contributed by atoms with Gasteiger partial charge >= 0.3 is 0 Å². The third-order valence-corrected chi connectivity index (χ3v) is 6.26. The van der Waals surface area contributed by atoms with Gasteiger partial charge in [-0.15, -0.1) is 0 Å². The minimum Gasteiger partial charge on any atom is -0.381 e. The minimum absolute atomic E-state index is 0.0576. The molecule has 2 saturated heterocycles. The van der Waals surface area contributed by atoms with E-state index >= 15 is 0 Å². The fourth-order valence-corrected chi connectivity index (χ4v) is 4.26. The standard InChI is InChI=1S/C22H27ClFN5O2/c23-19-11-27-16(7-21(30)15-5-17(8-24)26-10-15)6-18(19)20-12-25-13-22(29-20)28-9-14-1-3-31-4-2-14/h6,11-15,17,26H,1-5,7-10H2,(H,28,29)/t15-,17-/m0/s1. The van der Waals surface area contributed by atoms with Crippen LogP contribution < -0.4 is 10.6 Å². The van der Waals surface area contributed by atoms with Crippen LogP contribution in [0.2, 0.25) is 5.02 Å². The van der Waals surface area contributed by atoms with E-state index in [-0.39, 0.29) is 24.2 Å². The number of ketones is 1. The first-order valence-corrected chi connectivity index (χ1v) is 11.1. The van der Waals surface area contributed by atoms with Crippen LogP contribution >= 0.6 is 11.6 Å². The predicted molar refractivity (Wildman–Crippen MR) is 117 cm³/mol. The average molecular weight is 448 g/mol. The van der Waals surface area contributed by atoms with Crippen LogP contribution in [0.1, 0.15) is 25.0 Å². The molecule has 2 fully saturated rings. The van der Waals surface area contributed by atoms with E-state index in [4.69, 9.17) is 16.3 Å². The molecule has 2 aromatic heterocycles. The summed E-state index contributed by atoms with van der Waals surface area (Å²) >= 11 is 6.38. The lowest BCUT2D eigenvalue weighted by atomic mass is 9.97. The van der Waals surface area contributed by atoms with Crippen molar-refractivity contribution in [3.05, 3.63) is 35.4 Å². The van der Waals surface area contributed by atoms with Crippen molar-refractivity contribution in [2.75, 3.05) is 38.3 Å². The highest BCUT2D eigenvalue weighted by Gasteiger charge is 2.29. The van der Waals surface area contributed by atoms with E-state index < -0.39 is 6.67 Å². The number of hydrogen-bond acceptors (Lipinski definition) is 7. The monoisotopic (exact) mass is 447 g/mol. The molecule has 0 unspecified atom stereocenters. The van der Waals surface area contributed by atoms with Gasteiger partial charge in [-0.1, -0.05) is 11.6 Å². The van der Waals surface area contributed by atoms with Gasteiger partial charge in [-0.3, -0.25) is 14.8 Å². The lowest BCUT2D eigenvalue weighted by Gasteiger charge is -2.22. The van der Waals surface area contributed by atoms with E-state index in [2.05, 4.69) is 25.6 Å². The van der Waals surface area contributed by atoms with E-state index in [0.717, 1.165) is 32.6 Å². The van der Waals surface area contributed by atoms with Crippen molar-refractivity contribution in [1.29, 1.82) is 0 Å². The molecule has 4 heterocycles. The van der Waals surface area contributed by atoms with Crippen molar-refractivity contribution in [2.45, 2.75) is 31.7 Å². The fourth-order valence-electron chi connectivity index (χ4n) is 4.06. The Kier molecular flexibility index (Phi) is 7.42. The van der Waals surface area contributed by atoms with Crippen molar-refractivity contribution >= 4 is 23.2 Å². The van der Waals surface area contributed by atoms with Gasteiger partial charge in [0.25, 0.3) is 0 Å². The van der Waals surface area contributed by atoms with Crippen LogP contribution in [0.25, 0.3) is 11.3 Å². The maximum atomic E-state index is 12.8. The van der Waals surface area contributed by atoms with Gasteiger partial charge in [0, 0.05) is 62.1 Å². The van der Waals surface area contributed by atoms with Gasteiger partial charge in [-0.05, 0) is 31.2 Å². The van der Waals surface area contributed by atoms with Crippen molar-refractivity contribution in [2.24, 2.45) is 11.8 Å². The van der Waals surface area contributed by atoms with Crippen LogP contribution in [0, 0.1) is 11.8 Å². The number of ether oxygens (including phenoxy) is 1. The van der Waals surface area contributed by atoms with Crippen molar-refractivity contribution < 1.29 is 13.9 Å². The number of nitrogens with one attached hydrogen (secondary N) is 2. The molecule has 7 nitrogen and oxygen atoms in total. The number of carbonyl (C=O) groups excluding carboxylic acids is 1. The lowest BCUT2D eigenvalue weighted by molar-refractivity contribution is -0.121. The number of alkyl halides is 1. The molecule has 0 spiro atoms.